The molecule has 1 atom stereocenters. The lowest BCUT2D eigenvalue weighted by Crippen LogP contribution is -2.27. The molecule has 0 aliphatic rings. The number of nitrogens with zero attached hydrogens (tertiary/aromatic N) is 3. The van der Waals surface area contributed by atoms with Gasteiger partial charge in [0.05, 0.1) is 30.2 Å². The summed E-state index contributed by atoms with van der Waals surface area (Å²) in [5, 5.41) is 12.1. The van der Waals surface area contributed by atoms with Crippen LogP contribution in [0.4, 0.5) is 29.5 Å². The molecule has 2 rings (SSSR count). The Hall–Kier alpha value is -2.19. The smallest absolute Gasteiger partial charge is 0.285 e. The summed E-state index contributed by atoms with van der Waals surface area (Å²) in [4.78, 5) is 11.7. The minimum absolute atomic E-state index is 0.145. The third-order valence-electron chi connectivity index (χ3n) is 3.93. The van der Waals surface area contributed by atoms with E-state index < -0.39 is 50.9 Å². The van der Waals surface area contributed by atoms with Crippen LogP contribution in [-0.4, -0.2) is 53.1 Å². The highest BCUT2D eigenvalue weighted by molar-refractivity contribution is 7.99. The first-order valence-electron chi connectivity index (χ1n) is 9.37. The summed E-state index contributed by atoms with van der Waals surface area (Å²) in [6, 6.07) is 1.98. The lowest BCUT2D eigenvalue weighted by molar-refractivity contribution is 0.0186. The molecule has 14 heteroatoms. The van der Waals surface area contributed by atoms with Gasteiger partial charge in [-0.3, -0.25) is 4.72 Å². The van der Waals surface area contributed by atoms with Crippen LogP contribution < -0.4 is 10.0 Å². The molecular formula is C18H23F4N5O3S2. The molecule has 1 aromatic heterocycles. The minimum Gasteiger partial charge on any atom is -0.394 e. The second-order valence-corrected chi connectivity index (χ2v) is 10.1. The summed E-state index contributed by atoms with van der Waals surface area (Å²) in [6.07, 6.45) is 1.38. The number of hydrogen-bond donors (Lipinski definition) is 3. The van der Waals surface area contributed by atoms with E-state index in [4.69, 9.17) is 0 Å². The van der Waals surface area contributed by atoms with E-state index in [0.29, 0.717) is 18.2 Å². The third-order valence-corrected chi connectivity index (χ3v) is 5.43. The lowest BCUT2D eigenvalue weighted by Gasteiger charge is -2.19. The average molecular weight is 498 g/mol. The van der Waals surface area contributed by atoms with Gasteiger partial charge in [0, 0.05) is 0 Å². The van der Waals surface area contributed by atoms with Crippen molar-refractivity contribution in [2.24, 2.45) is 5.92 Å². The number of benzene rings is 1. The zero-order valence-corrected chi connectivity index (χ0v) is 19.1. The molecule has 0 aliphatic heterocycles. The maximum Gasteiger partial charge on any atom is 0.285 e. The van der Waals surface area contributed by atoms with Crippen LogP contribution in [0.1, 0.15) is 25.8 Å². The van der Waals surface area contributed by atoms with E-state index in [0.717, 1.165) is 24.5 Å². The summed E-state index contributed by atoms with van der Waals surface area (Å²) in [7, 11) is -3.79. The number of alkyl halides is 2. The number of thioether (sulfide) groups is 1. The summed E-state index contributed by atoms with van der Waals surface area (Å²) in [6.45, 7) is 3.56. The van der Waals surface area contributed by atoms with Crippen molar-refractivity contribution in [3.63, 3.8) is 0 Å². The van der Waals surface area contributed by atoms with Crippen LogP contribution >= 0.6 is 11.8 Å². The van der Waals surface area contributed by atoms with Gasteiger partial charge in [0.25, 0.3) is 5.92 Å². The zero-order chi connectivity index (χ0) is 24.1. The van der Waals surface area contributed by atoms with E-state index in [9.17, 15) is 31.1 Å². The fourth-order valence-electron chi connectivity index (χ4n) is 2.65. The highest BCUT2D eigenvalue weighted by Gasteiger charge is 2.36. The summed E-state index contributed by atoms with van der Waals surface area (Å²) < 4.78 is 81.3. The maximum atomic E-state index is 14.5. The van der Waals surface area contributed by atoms with Crippen molar-refractivity contribution in [2.75, 3.05) is 28.7 Å². The molecule has 0 fully saturated rings. The Balaban J connectivity index is 2.30. The van der Waals surface area contributed by atoms with E-state index >= 15 is 0 Å². The van der Waals surface area contributed by atoms with E-state index in [1.54, 1.807) is 0 Å². The monoisotopic (exact) mass is 497 g/mol. The Morgan fingerprint density at radius 3 is 2.41 bits per heavy atom. The third kappa shape index (κ3) is 7.74. The Morgan fingerprint density at radius 1 is 1.16 bits per heavy atom. The van der Waals surface area contributed by atoms with Gasteiger partial charge in [-0.15, -0.1) is 0 Å². The van der Waals surface area contributed by atoms with E-state index in [1.165, 1.54) is 0 Å². The topological polar surface area (TPSA) is 117 Å². The molecule has 0 bridgehead atoms. The van der Waals surface area contributed by atoms with Gasteiger partial charge in [0.1, 0.15) is 0 Å². The molecule has 0 spiro atoms. The Labute approximate surface area is 187 Å². The highest BCUT2D eigenvalue weighted by Crippen LogP contribution is 2.36. The van der Waals surface area contributed by atoms with Crippen LogP contribution in [0.3, 0.4) is 0 Å². The molecule has 0 saturated heterocycles. The highest BCUT2D eigenvalue weighted by atomic mass is 32.2. The average Bonchev–Trinajstić information content (AvgIpc) is 2.66. The fraction of sp³-hybridized carbons (Fsp3) is 0.500. The number of hydrogen-bond acceptors (Lipinski definition) is 8. The number of sulfonamides is 1. The van der Waals surface area contributed by atoms with E-state index in [2.05, 4.69) is 20.3 Å². The number of aromatic nitrogens is 3. The molecule has 32 heavy (non-hydrogen) atoms. The summed E-state index contributed by atoms with van der Waals surface area (Å²) in [5.41, 5.74) is -1.12. The van der Waals surface area contributed by atoms with Crippen molar-refractivity contribution in [3.05, 3.63) is 35.4 Å². The molecule has 1 heterocycles. The SMILES string of the molecule is CC(C)C[C@H](CO)Nc1nc(NS(C)(=O)=O)nc(SCC(F)(F)c2cccc(F)c2F)n1. The molecule has 0 aliphatic carbocycles. The van der Waals surface area contributed by atoms with E-state index in [-0.39, 0.29) is 23.6 Å². The molecule has 0 unspecified atom stereocenters. The Morgan fingerprint density at radius 2 is 1.81 bits per heavy atom. The van der Waals surface area contributed by atoms with Gasteiger partial charge < -0.3 is 10.4 Å². The Kier molecular flexibility index (Phi) is 8.65. The number of rotatable bonds is 11. The summed E-state index contributed by atoms with van der Waals surface area (Å²) >= 11 is 0.401. The van der Waals surface area contributed by atoms with Crippen LogP contribution in [0.2, 0.25) is 0 Å². The van der Waals surface area contributed by atoms with Crippen LogP contribution in [0, 0.1) is 17.6 Å². The Bertz CT molecular complexity index is 1040. The maximum absolute atomic E-state index is 14.5. The molecule has 178 valence electrons. The van der Waals surface area contributed by atoms with Gasteiger partial charge in [-0.1, -0.05) is 31.7 Å². The van der Waals surface area contributed by atoms with Gasteiger partial charge in [-0.05, 0) is 24.5 Å². The predicted molar refractivity (Wildman–Crippen MR) is 113 cm³/mol. The molecule has 0 saturated carbocycles. The zero-order valence-electron chi connectivity index (χ0n) is 17.4. The normalized spacial score (nSPS) is 13.3. The van der Waals surface area contributed by atoms with Crippen LogP contribution in [0.15, 0.2) is 23.4 Å². The van der Waals surface area contributed by atoms with Crippen LogP contribution in [0.25, 0.3) is 0 Å². The van der Waals surface area contributed by atoms with Crippen molar-refractivity contribution in [3.8, 4) is 0 Å². The van der Waals surface area contributed by atoms with Crippen LogP contribution in [-0.2, 0) is 15.9 Å². The van der Waals surface area contributed by atoms with Crippen molar-refractivity contribution in [1.29, 1.82) is 0 Å². The first-order valence-corrected chi connectivity index (χ1v) is 12.2. The van der Waals surface area contributed by atoms with Gasteiger partial charge >= 0.3 is 0 Å². The van der Waals surface area contributed by atoms with Gasteiger partial charge in [0.2, 0.25) is 21.9 Å². The number of aliphatic hydroxyl groups excluding tert-OH is 1. The first-order chi connectivity index (χ1) is 14.8. The number of aliphatic hydroxyl groups is 1. The second-order valence-electron chi connectivity index (χ2n) is 7.39. The lowest BCUT2D eigenvalue weighted by atomic mass is 10.0. The van der Waals surface area contributed by atoms with Gasteiger partial charge in [0.15, 0.2) is 16.8 Å². The summed E-state index contributed by atoms with van der Waals surface area (Å²) in [5.74, 6) is -8.25. The fourth-order valence-corrected chi connectivity index (χ4v) is 3.84. The van der Waals surface area contributed by atoms with Crippen molar-refractivity contribution >= 4 is 33.7 Å². The quantitative estimate of drug-likeness (QED) is 0.320. The number of anilines is 2. The molecule has 2 aromatic rings. The minimum atomic E-state index is -3.79. The number of nitrogens with one attached hydrogen (secondary N) is 2. The second kappa shape index (κ2) is 10.6. The van der Waals surface area contributed by atoms with Crippen molar-refractivity contribution in [1.82, 2.24) is 15.0 Å². The predicted octanol–water partition coefficient (Wildman–Crippen LogP) is 3.22. The van der Waals surface area contributed by atoms with Crippen molar-refractivity contribution in [2.45, 2.75) is 37.4 Å². The molecule has 1 aromatic carbocycles. The number of halogens is 4. The molecule has 0 radical (unpaired) electrons. The molecular weight excluding hydrogens is 474 g/mol. The molecule has 0 amide bonds. The van der Waals surface area contributed by atoms with Crippen LogP contribution in [0.5, 0.6) is 0 Å². The standard InChI is InChI=1S/C18H23F4N5O3S2/c1-10(2)7-11(8-28)23-15-24-16(27-32(3,29)30)26-17(25-15)31-9-18(21,22)12-5-4-6-13(19)14(12)20/h4-6,10-11,28H,7-9H2,1-3H3,(H2,23,24,25,26,27)/t11-/m1/s1. The van der Waals surface area contributed by atoms with Gasteiger partial charge in [-0.2, -0.15) is 15.0 Å². The van der Waals surface area contributed by atoms with Gasteiger partial charge in [-0.25, -0.2) is 26.0 Å². The first kappa shape index (κ1) is 26.1. The van der Waals surface area contributed by atoms with Crippen molar-refractivity contribution < 1.29 is 31.1 Å². The largest absolute Gasteiger partial charge is 0.394 e. The molecule has 8 nitrogen and oxygen atoms in total. The van der Waals surface area contributed by atoms with E-state index in [1.807, 2.05) is 18.6 Å². The molecule has 3 N–H and O–H groups in total.